The van der Waals surface area contributed by atoms with E-state index in [0.29, 0.717) is 11.8 Å². The van der Waals surface area contributed by atoms with Crippen LogP contribution in [0, 0.1) is 12.8 Å². The van der Waals surface area contributed by atoms with E-state index in [2.05, 4.69) is 25.3 Å². The van der Waals surface area contributed by atoms with Gasteiger partial charge in [0.15, 0.2) is 5.82 Å². The average Bonchev–Trinajstić information content (AvgIpc) is 3.13. The van der Waals surface area contributed by atoms with Crippen molar-refractivity contribution in [3.05, 3.63) is 35.6 Å². The van der Waals surface area contributed by atoms with Gasteiger partial charge in [-0.25, -0.2) is 4.98 Å². The van der Waals surface area contributed by atoms with Crippen molar-refractivity contribution >= 4 is 5.82 Å². The molecule has 0 amide bonds. The molecular weight excluding hydrogens is 290 g/mol. The van der Waals surface area contributed by atoms with Crippen LogP contribution in [0.15, 0.2) is 22.7 Å². The first-order valence-electron chi connectivity index (χ1n) is 8.48. The third kappa shape index (κ3) is 3.69. The van der Waals surface area contributed by atoms with Crippen LogP contribution in [0.3, 0.4) is 0 Å². The van der Waals surface area contributed by atoms with Crippen LogP contribution >= 0.6 is 0 Å². The van der Waals surface area contributed by atoms with Gasteiger partial charge in [0.1, 0.15) is 5.82 Å². The number of pyridine rings is 1. The van der Waals surface area contributed by atoms with Gasteiger partial charge in [-0.05, 0) is 50.8 Å². The van der Waals surface area contributed by atoms with E-state index in [4.69, 9.17) is 4.52 Å². The zero-order valence-electron chi connectivity index (χ0n) is 13.5. The highest BCUT2D eigenvalue weighted by molar-refractivity contribution is 5.35. The quantitative estimate of drug-likeness (QED) is 0.884. The fourth-order valence-electron chi connectivity index (χ4n) is 3.14. The Morgan fingerprint density at radius 1 is 1.26 bits per heavy atom. The number of nitrogens with one attached hydrogen (secondary N) is 1. The van der Waals surface area contributed by atoms with Gasteiger partial charge in [-0.2, -0.15) is 4.98 Å². The fraction of sp³-hybridized carbons (Fsp3) is 0.588. The minimum Gasteiger partial charge on any atom is -0.370 e. The van der Waals surface area contributed by atoms with Gasteiger partial charge in [-0.1, -0.05) is 11.2 Å². The zero-order valence-corrected chi connectivity index (χ0v) is 13.5. The van der Waals surface area contributed by atoms with Gasteiger partial charge in [-0.15, -0.1) is 0 Å². The minimum atomic E-state index is 0.536. The lowest BCUT2D eigenvalue weighted by Gasteiger charge is -2.14. The molecule has 1 atom stereocenters. The van der Waals surface area contributed by atoms with E-state index in [-0.39, 0.29) is 0 Å². The average molecular weight is 313 g/mol. The maximum Gasteiger partial charge on any atom is 0.229 e. The Morgan fingerprint density at radius 3 is 3.00 bits per heavy atom. The summed E-state index contributed by atoms with van der Waals surface area (Å²) < 4.78 is 5.33. The van der Waals surface area contributed by atoms with Gasteiger partial charge >= 0.3 is 0 Å². The molecule has 122 valence electrons. The second-order valence-electron chi connectivity index (χ2n) is 6.76. The molecule has 0 bridgehead atoms. The molecule has 3 heterocycles. The molecule has 2 aliphatic rings. The third-order valence-electron chi connectivity index (χ3n) is 4.61. The topological polar surface area (TPSA) is 67.1 Å². The summed E-state index contributed by atoms with van der Waals surface area (Å²) in [4.78, 5) is 11.4. The molecule has 0 aromatic carbocycles. The SMILES string of the molecule is Cc1cccc(NC[C@H]2CCN(Cc3noc(C4CC4)n3)C2)n1. The van der Waals surface area contributed by atoms with Crippen molar-refractivity contribution in [3.8, 4) is 0 Å². The fourth-order valence-corrected chi connectivity index (χ4v) is 3.14. The molecule has 23 heavy (non-hydrogen) atoms. The Hall–Kier alpha value is -1.95. The second kappa shape index (κ2) is 6.28. The summed E-state index contributed by atoms with van der Waals surface area (Å²) in [5.74, 6) is 3.82. The molecule has 2 aromatic rings. The van der Waals surface area contributed by atoms with Crippen LogP contribution in [0.2, 0.25) is 0 Å². The maximum absolute atomic E-state index is 5.33. The van der Waals surface area contributed by atoms with Gasteiger partial charge in [0.2, 0.25) is 5.89 Å². The molecule has 4 rings (SSSR count). The lowest BCUT2D eigenvalue weighted by atomic mass is 10.1. The van der Waals surface area contributed by atoms with Crippen molar-refractivity contribution in [2.75, 3.05) is 25.0 Å². The molecule has 0 radical (unpaired) electrons. The Kier molecular flexibility index (Phi) is 3.99. The second-order valence-corrected chi connectivity index (χ2v) is 6.76. The van der Waals surface area contributed by atoms with E-state index in [1.165, 1.54) is 19.3 Å². The number of hydrogen-bond acceptors (Lipinski definition) is 6. The van der Waals surface area contributed by atoms with E-state index in [9.17, 15) is 0 Å². The summed E-state index contributed by atoms with van der Waals surface area (Å²) in [5.41, 5.74) is 1.05. The molecule has 6 heteroatoms. The predicted molar refractivity (Wildman–Crippen MR) is 87.1 cm³/mol. The van der Waals surface area contributed by atoms with Crippen molar-refractivity contribution in [3.63, 3.8) is 0 Å². The van der Waals surface area contributed by atoms with E-state index in [1.807, 2.05) is 25.1 Å². The van der Waals surface area contributed by atoms with Crippen molar-refractivity contribution < 1.29 is 4.52 Å². The Labute approximate surface area is 136 Å². The summed E-state index contributed by atoms with van der Waals surface area (Å²) in [6.45, 7) is 5.96. The number of aryl methyl sites for hydroxylation is 1. The first-order valence-corrected chi connectivity index (χ1v) is 8.48. The molecule has 1 N–H and O–H groups in total. The number of anilines is 1. The van der Waals surface area contributed by atoms with Gasteiger partial charge in [0, 0.05) is 24.7 Å². The Balaban J connectivity index is 1.25. The monoisotopic (exact) mass is 313 g/mol. The van der Waals surface area contributed by atoms with Crippen molar-refractivity contribution in [2.24, 2.45) is 5.92 Å². The maximum atomic E-state index is 5.33. The van der Waals surface area contributed by atoms with E-state index in [0.717, 1.165) is 49.4 Å². The van der Waals surface area contributed by atoms with Crippen molar-refractivity contribution in [1.82, 2.24) is 20.0 Å². The number of rotatable bonds is 6. The lowest BCUT2D eigenvalue weighted by Crippen LogP contribution is -2.23. The Bertz CT molecular complexity index is 667. The van der Waals surface area contributed by atoms with Gasteiger partial charge in [-0.3, -0.25) is 4.90 Å². The van der Waals surface area contributed by atoms with Crippen LogP contribution in [0.4, 0.5) is 5.82 Å². The van der Waals surface area contributed by atoms with E-state index < -0.39 is 0 Å². The van der Waals surface area contributed by atoms with E-state index in [1.54, 1.807) is 0 Å². The van der Waals surface area contributed by atoms with Crippen molar-refractivity contribution in [2.45, 2.75) is 38.6 Å². The highest BCUT2D eigenvalue weighted by atomic mass is 16.5. The molecule has 1 saturated carbocycles. The van der Waals surface area contributed by atoms with Gasteiger partial charge in [0.25, 0.3) is 0 Å². The molecule has 0 unspecified atom stereocenters. The number of aromatic nitrogens is 3. The molecule has 1 saturated heterocycles. The predicted octanol–water partition coefficient (Wildman–Crippen LogP) is 2.58. The Morgan fingerprint density at radius 2 is 2.17 bits per heavy atom. The van der Waals surface area contributed by atoms with Crippen LogP contribution in [0.5, 0.6) is 0 Å². The molecule has 2 aromatic heterocycles. The minimum absolute atomic E-state index is 0.536. The number of likely N-dealkylation sites (tertiary alicyclic amines) is 1. The molecular formula is C17H23N5O. The standard InChI is InChI=1S/C17H23N5O/c1-12-3-2-4-15(19-12)18-9-13-7-8-22(10-13)11-16-20-17(23-21-16)14-5-6-14/h2-4,13-14H,5-11H2,1H3,(H,18,19)/t13-/m1/s1. The van der Waals surface area contributed by atoms with Gasteiger partial charge in [0.05, 0.1) is 6.54 Å². The van der Waals surface area contributed by atoms with Crippen LogP contribution < -0.4 is 5.32 Å². The van der Waals surface area contributed by atoms with Gasteiger partial charge < -0.3 is 9.84 Å². The zero-order chi connectivity index (χ0) is 15.6. The summed E-state index contributed by atoms with van der Waals surface area (Å²) in [5, 5.41) is 7.57. The largest absolute Gasteiger partial charge is 0.370 e. The van der Waals surface area contributed by atoms with Crippen molar-refractivity contribution in [1.29, 1.82) is 0 Å². The van der Waals surface area contributed by atoms with Crippen LogP contribution in [0.25, 0.3) is 0 Å². The van der Waals surface area contributed by atoms with Crippen LogP contribution in [-0.4, -0.2) is 39.7 Å². The first-order chi connectivity index (χ1) is 11.3. The lowest BCUT2D eigenvalue weighted by molar-refractivity contribution is 0.300. The summed E-state index contributed by atoms with van der Waals surface area (Å²) in [7, 11) is 0. The van der Waals surface area contributed by atoms with E-state index >= 15 is 0 Å². The molecule has 2 fully saturated rings. The first kappa shape index (κ1) is 14.6. The third-order valence-corrected chi connectivity index (χ3v) is 4.61. The highest BCUT2D eigenvalue weighted by Gasteiger charge is 2.30. The van der Waals surface area contributed by atoms with Crippen LogP contribution in [0.1, 0.15) is 42.6 Å². The van der Waals surface area contributed by atoms with Crippen LogP contribution in [-0.2, 0) is 6.54 Å². The molecule has 1 aliphatic carbocycles. The normalized spacial score (nSPS) is 21.7. The highest BCUT2D eigenvalue weighted by Crippen LogP contribution is 2.38. The summed E-state index contributed by atoms with van der Waals surface area (Å²) in [6, 6.07) is 6.08. The summed E-state index contributed by atoms with van der Waals surface area (Å²) >= 11 is 0. The molecule has 0 spiro atoms. The number of nitrogens with zero attached hydrogens (tertiary/aromatic N) is 4. The molecule has 6 nitrogen and oxygen atoms in total. The molecule has 1 aliphatic heterocycles. The summed E-state index contributed by atoms with van der Waals surface area (Å²) in [6.07, 6.45) is 3.60. The number of hydrogen-bond donors (Lipinski definition) is 1. The smallest absolute Gasteiger partial charge is 0.229 e.